The highest BCUT2D eigenvalue weighted by molar-refractivity contribution is 5.40. The summed E-state index contributed by atoms with van der Waals surface area (Å²) >= 11 is 0. The predicted octanol–water partition coefficient (Wildman–Crippen LogP) is 3.58. The number of ether oxygens (including phenoxy) is 1. The Morgan fingerprint density at radius 2 is 2.09 bits per heavy atom. The molecule has 0 radical (unpaired) electrons. The van der Waals surface area contributed by atoms with Gasteiger partial charge in [-0.25, -0.2) is 0 Å². The zero-order valence-electron chi connectivity index (χ0n) is 15.2. The molecule has 1 aromatic carbocycles. The highest BCUT2D eigenvalue weighted by Gasteiger charge is 2.55. The lowest BCUT2D eigenvalue weighted by atomic mass is 9.61. The standard InChI is InChI=1S/C20H31NO2/c1-14-6-7-16(10-18(14)23-5)20(22)13-19(2)9-8-15(11-19)17(20)12-21(3)4/h6-7,10,15,17,22H,8-9,11-13H2,1-5H3. The van der Waals surface area contributed by atoms with Crippen molar-refractivity contribution in [2.45, 2.75) is 45.1 Å². The van der Waals surface area contributed by atoms with Crippen LogP contribution in [0.15, 0.2) is 18.2 Å². The van der Waals surface area contributed by atoms with Gasteiger partial charge in [-0.2, -0.15) is 0 Å². The summed E-state index contributed by atoms with van der Waals surface area (Å²) in [5, 5.41) is 11.8. The number of methoxy groups -OCH3 is 1. The first-order chi connectivity index (χ1) is 10.8. The second-order valence-corrected chi connectivity index (χ2v) is 8.47. The van der Waals surface area contributed by atoms with Crippen molar-refractivity contribution in [1.82, 2.24) is 4.90 Å². The van der Waals surface area contributed by atoms with E-state index in [-0.39, 0.29) is 5.41 Å². The Morgan fingerprint density at radius 3 is 2.74 bits per heavy atom. The first-order valence-corrected chi connectivity index (χ1v) is 8.80. The van der Waals surface area contributed by atoms with Crippen LogP contribution in [0.2, 0.25) is 0 Å². The molecule has 3 rings (SSSR count). The SMILES string of the molecule is COc1cc(C2(O)CC3(C)CCC(C3)C2CN(C)C)ccc1C. The average molecular weight is 317 g/mol. The summed E-state index contributed by atoms with van der Waals surface area (Å²) in [6, 6.07) is 6.25. The quantitative estimate of drug-likeness (QED) is 0.921. The minimum absolute atomic E-state index is 0.278. The summed E-state index contributed by atoms with van der Waals surface area (Å²) in [4.78, 5) is 2.22. The number of aliphatic hydroxyl groups is 1. The minimum atomic E-state index is -0.751. The third-order valence-electron chi connectivity index (χ3n) is 6.22. The van der Waals surface area contributed by atoms with E-state index >= 15 is 0 Å². The smallest absolute Gasteiger partial charge is 0.122 e. The fraction of sp³-hybridized carbons (Fsp3) is 0.700. The molecule has 3 nitrogen and oxygen atoms in total. The van der Waals surface area contributed by atoms with Crippen LogP contribution in [0, 0.1) is 24.2 Å². The Balaban J connectivity index is 2.04. The molecule has 2 aliphatic carbocycles. The summed E-state index contributed by atoms with van der Waals surface area (Å²) in [5.41, 5.74) is 1.68. The van der Waals surface area contributed by atoms with Gasteiger partial charge in [0.1, 0.15) is 5.75 Å². The van der Waals surface area contributed by atoms with Crippen molar-refractivity contribution in [1.29, 1.82) is 0 Å². The van der Waals surface area contributed by atoms with Crippen molar-refractivity contribution >= 4 is 0 Å². The van der Waals surface area contributed by atoms with Gasteiger partial charge in [-0.1, -0.05) is 19.1 Å². The van der Waals surface area contributed by atoms with Crippen LogP contribution in [-0.2, 0) is 5.60 Å². The molecule has 0 spiro atoms. The molecule has 1 N–H and O–H groups in total. The van der Waals surface area contributed by atoms with Crippen molar-refractivity contribution < 1.29 is 9.84 Å². The van der Waals surface area contributed by atoms with Crippen molar-refractivity contribution in [2.24, 2.45) is 17.3 Å². The number of hydrogen-bond acceptors (Lipinski definition) is 3. The number of fused-ring (bicyclic) bond motifs is 2. The third kappa shape index (κ3) is 2.89. The predicted molar refractivity (Wildman–Crippen MR) is 93.7 cm³/mol. The lowest BCUT2D eigenvalue weighted by Gasteiger charge is -2.49. The zero-order chi connectivity index (χ0) is 16.8. The molecule has 0 saturated heterocycles. The van der Waals surface area contributed by atoms with Gasteiger partial charge in [-0.05, 0) is 75.2 Å². The minimum Gasteiger partial charge on any atom is -0.496 e. The molecule has 0 amide bonds. The number of rotatable bonds is 4. The summed E-state index contributed by atoms with van der Waals surface area (Å²) in [6.45, 7) is 5.35. The lowest BCUT2D eigenvalue weighted by molar-refractivity contribution is -0.108. The molecule has 128 valence electrons. The van der Waals surface area contributed by atoms with Crippen LogP contribution in [-0.4, -0.2) is 37.8 Å². The van der Waals surface area contributed by atoms with E-state index in [1.54, 1.807) is 7.11 Å². The molecular formula is C20H31NO2. The van der Waals surface area contributed by atoms with Crippen molar-refractivity contribution in [3.63, 3.8) is 0 Å². The Bertz CT molecular complexity index is 585. The van der Waals surface area contributed by atoms with Crippen LogP contribution in [0.1, 0.15) is 43.7 Å². The normalized spacial score (nSPS) is 36.5. The first kappa shape index (κ1) is 16.8. The van der Waals surface area contributed by atoms with Gasteiger partial charge in [0.25, 0.3) is 0 Å². The molecule has 2 aliphatic rings. The Labute approximate surface area is 140 Å². The molecule has 1 aromatic rings. The Morgan fingerprint density at radius 1 is 1.35 bits per heavy atom. The van der Waals surface area contributed by atoms with E-state index in [9.17, 15) is 5.11 Å². The van der Waals surface area contributed by atoms with Crippen LogP contribution in [0.25, 0.3) is 0 Å². The van der Waals surface area contributed by atoms with E-state index in [1.165, 1.54) is 19.3 Å². The van der Waals surface area contributed by atoms with Crippen LogP contribution < -0.4 is 4.74 Å². The maximum absolute atomic E-state index is 11.8. The van der Waals surface area contributed by atoms with Crippen LogP contribution >= 0.6 is 0 Å². The van der Waals surface area contributed by atoms with Gasteiger partial charge >= 0.3 is 0 Å². The van der Waals surface area contributed by atoms with Gasteiger partial charge in [0.15, 0.2) is 0 Å². The third-order valence-corrected chi connectivity index (χ3v) is 6.22. The lowest BCUT2D eigenvalue weighted by Crippen LogP contribution is -2.49. The maximum Gasteiger partial charge on any atom is 0.122 e. The molecule has 0 aliphatic heterocycles. The Hall–Kier alpha value is -1.06. The largest absolute Gasteiger partial charge is 0.496 e. The van der Waals surface area contributed by atoms with Crippen molar-refractivity contribution in [2.75, 3.05) is 27.7 Å². The second kappa shape index (κ2) is 5.78. The fourth-order valence-corrected chi connectivity index (χ4v) is 5.15. The topological polar surface area (TPSA) is 32.7 Å². The highest BCUT2D eigenvalue weighted by atomic mass is 16.5. The molecule has 0 aromatic heterocycles. The average Bonchev–Trinajstić information content (AvgIpc) is 2.81. The molecule has 2 bridgehead atoms. The molecule has 23 heavy (non-hydrogen) atoms. The van der Waals surface area contributed by atoms with E-state index in [2.05, 4.69) is 51.0 Å². The molecular weight excluding hydrogens is 286 g/mol. The molecule has 0 heterocycles. The van der Waals surface area contributed by atoms with E-state index in [0.717, 1.165) is 29.8 Å². The summed E-state index contributed by atoms with van der Waals surface area (Å²) in [7, 11) is 5.93. The summed E-state index contributed by atoms with van der Waals surface area (Å²) in [5.74, 6) is 1.79. The van der Waals surface area contributed by atoms with E-state index < -0.39 is 5.60 Å². The number of nitrogens with zero attached hydrogens (tertiary/aromatic N) is 1. The van der Waals surface area contributed by atoms with Crippen molar-refractivity contribution in [3.8, 4) is 5.75 Å². The van der Waals surface area contributed by atoms with Gasteiger partial charge < -0.3 is 14.7 Å². The van der Waals surface area contributed by atoms with E-state index in [0.29, 0.717) is 11.8 Å². The molecule has 2 saturated carbocycles. The van der Waals surface area contributed by atoms with Crippen LogP contribution in [0.3, 0.4) is 0 Å². The van der Waals surface area contributed by atoms with E-state index in [4.69, 9.17) is 4.74 Å². The Kier molecular flexibility index (Phi) is 4.22. The monoisotopic (exact) mass is 317 g/mol. The van der Waals surface area contributed by atoms with Gasteiger partial charge in [-0.15, -0.1) is 0 Å². The molecule has 3 heteroatoms. The molecule has 2 fully saturated rings. The van der Waals surface area contributed by atoms with Crippen LogP contribution in [0.4, 0.5) is 0 Å². The summed E-state index contributed by atoms with van der Waals surface area (Å²) < 4.78 is 5.51. The molecule has 4 atom stereocenters. The fourth-order valence-electron chi connectivity index (χ4n) is 5.15. The first-order valence-electron chi connectivity index (χ1n) is 8.80. The number of aryl methyl sites for hydroxylation is 1. The van der Waals surface area contributed by atoms with Gasteiger partial charge in [-0.3, -0.25) is 0 Å². The van der Waals surface area contributed by atoms with Gasteiger partial charge in [0, 0.05) is 12.5 Å². The van der Waals surface area contributed by atoms with E-state index in [1.807, 2.05) is 0 Å². The number of benzene rings is 1. The number of hydrogen-bond donors (Lipinski definition) is 1. The molecule has 4 unspecified atom stereocenters. The van der Waals surface area contributed by atoms with Crippen LogP contribution in [0.5, 0.6) is 5.75 Å². The summed E-state index contributed by atoms with van der Waals surface area (Å²) in [6.07, 6.45) is 4.62. The second-order valence-electron chi connectivity index (χ2n) is 8.47. The van der Waals surface area contributed by atoms with Crippen molar-refractivity contribution in [3.05, 3.63) is 29.3 Å². The maximum atomic E-state index is 11.8. The zero-order valence-corrected chi connectivity index (χ0v) is 15.2. The highest BCUT2D eigenvalue weighted by Crippen LogP contribution is 2.60. The van der Waals surface area contributed by atoms with Gasteiger partial charge in [0.2, 0.25) is 0 Å². The van der Waals surface area contributed by atoms with Gasteiger partial charge in [0.05, 0.1) is 12.7 Å².